The van der Waals surface area contributed by atoms with Gasteiger partial charge in [0.1, 0.15) is 5.58 Å². The Morgan fingerprint density at radius 1 is 0.508 bits per heavy atom. The van der Waals surface area contributed by atoms with Crippen LogP contribution in [0.3, 0.4) is 0 Å². The Morgan fingerprint density at radius 3 is 1.56 bits per heavy atom. The van der Waals surface area contributed by atoms with Crippen LogP contribution < -0.4 is 26.4 Å². The fraction of sp³-hybridized carbons (Fsp3) is 0.439. The highest BCUT2D eigenvalue weighted by atomic mass is 16.3. The first-order chi connectivity index (χ1) is 28.1. The lowest BCUT2D eigenvalue weighted by atomic mass is 9.35. The summed E-state index contributed by atoms with van der Waals surface area (Å²) < 4.78 is 7.49. The van der Waals surface area contributed by atoms with Crippen molar-refractivity contribution in [2.75, 3.05) is 9.80 Å². The summed E-state index contributed by atoms with van der Waals surface area (Å²) in [6.45, 7) is 39.9. The fourth-order valence-corrected chi connectivity index (χ4v) is 10.4. The predicted molar refractivity (Wildman–Crippen MR) is 265 cm³/mol. The number of aryl methyl sites for hydroxylation is 1. The number of anilines is 6. The van der Waals surface area contributed by atoms with E-state index < -0.39 is 0 Å². The summed E-state index contributed by atoms with van der Waals surface area (Å²) in [7, 11) is 0. The van der Waals surface area contributed by atoms with Crippen molar-refractivity contribution in [3.8, 4) is 0 Å². The van der Waals surface area contributed by atoms with Crippen molar-refractivity contribution in [3.63, 3.8) is 0 Å². The molecule has 2 aliphatic heterocycles. The Hall–Kier alpha value is -4.70. The molecule has 61 heavy (non-hydrogen) atoms. The van der Waals surface area contributed by atoms with Crippen molar-refractivity contribution in [1.29, 1.82) is 0 Å². The van der Waals surface area contributed by atoms with Crippen molar-refractivity contribution in [2.45, 2.75) is 163 Å². The normalized spacial score (nSPS) is 17.0. The fourth-order valence-electron chi connectivity index (χ4n) is 10.4. The smallest absolute Gasteiger partial charge is 0.297 e. The second-order valence-electron chi connectivity index (χ2n) is 24.4. The first kappa shape index (κ1) is 41.6. The van der Waals surface area contributed by atoms with E-state index in [0.29, 0.717) is 0 Å². The van der Waals surface area contributed by atoms with Gasteiger partial charge in [-0.05, 0) is 157 Å². The summed E-state index contributed by atoms with van der Waals surface area (Å²) in [5, 5.41) is 1.20. The second kappa shape index (κ2) is 13.2. The topological polar surface area (TPSA) is 19.6 Å². The highest BCUT2D eigenvalue weighted by Gasteiger charge is 2.48. The van der Waals surface area contributed by atoms with Crippen LogP contribution >= 0.6 is 0 Å². The summed E-state index contributed by atoms with van der Waals surface area (Å²) in [6, 6.07) is 33.9. The zero-order valence-electron chi connectivity index (χ0n) is 40.4. The predicted octanol–water partition coefficient (Wildman–Crippen LogP) is 14.4. The average Bonchev–Trinajstić information content (AvgIpc) is 3.52. The third-order valence-corrected chi connectivity index (χ3v) is 14.5. The number of fused-ring (bicyclic) bond motifs is 7. The van der Waals surface area contributed by atoms with E-state index in [2.05, 4.69) is 212 Å². The maximum absolute atomic E-state index is 7.49. The van der Waals surface area contributed by atoms with Crippen LogP contribution in [-0.4, -0.2) is 6.71 Å². The van der Waals surface area contributed by atoms with E-state index in [1.807, 2.05) is 0 Å². The monoisotopic (exact) mass is 809 g/mol. The quantitative estimate of drug-likeness (QED) is 0.162. The molecule has 0 atom stereocenters. The molecule has 0 unspecified atom stereocenters. The third-order valence-electron chi connectivity index (χ3n) is 14.5. The lowest BCUT2D eigenvalue weighted by Gasteiger charge is -2.44. The molecule has 3 aliphatic rings. The van der Waals surface area contributed by atoms with Gasteiger partial charge in [0, 0.05) is 33.8 Å². The molecule has 316 valence electrons. The van der Waals surface area contributed by atoms with Crippen molar-refractivity contribution in [1.82, 2.24) is 0 Å². The lowest BCUT2D eigenvalue weighted by Crippen LogP contribution is -2.61. The first-order valence-electron chi connectivity index (χ1n) is 22.9. The summed E-state index contributed by atoms with van der Waals surface area (Å²) in [5.41, 5.74) is 21.4. The second-order valence-corrected chi connectivity index (χ2v) is 24.4. The maximum atomic E-state index is 7.49. The Bertz CT molecular complexity index is 2720. The van der Waals surface area contributed by atoms with E-state index in [1.54, 1.807) is 0 Å². The zero-order valence-corrected chi connectivity index (χ0v) is 40.4. The molecule has 0 bridgehead atoms. The molecule has 1 aromatic heterocycles. The Balaban J connectivity index is 1.42. The molecule has 6 aromatic rings. The van der Waals surface area contributed by atoms with Gasteiger partial charge in [-0.3, -0.25) is 0 Å². The van der Waals surface area contributed by atoms with Crippen LogP contribution in [0, 0.1) is 6.92 Å². The van der Waals surface area contributed by atoms with E-state index in [1.165, 1.54) is 83.7 Å². The molecule has 0 spiro atoms. The number of nitrogens with zero attached hydrogens (tertiary/aromatic N) is 2. The van der Waals surface area contributed by atoms with E-state index >= 15 is 0 Å². The highest BCUT2D eigenvalue weighted by Crippen LogP contribution is 2.52. The molecule has 0 radical (unpaired) electrons. The maximum Gasteiger partial charge on any atom is 0.297 e. The van der Waals surface area contributed by atoms with Gasteiger partial charge in [0.05, 0.1) is 11.3 Å². The molecule has 0 saturated heterocycles. The van der Waals surface area contributed by atoms with Gasteiger partial charge in [0.15, 0.2) is 0 Å². The molecule has 3 nitrogen and oxygen atoms in total. The average molecular weight is 809 g/mol. The molecular weight excluding hydrogens is 739 g/mol. The van der Waals surface area contributed by atoms with Gasteiger partial charge in [0.2, 0.25) is 0 Å². The first-order valence-corrected chi connectivity index (χ1v) is 22.9. The van der Waals surface area contributed by atoms with Crippen molar-refractivity contribution in [2.24, 2.45) is 0 Å². The van der Waals surface area contributed by atoms with Gasteiger partial charge in [-0.15, -0.1) is 0 Å². The van der Waals surface area contributed by atoms with Crippen LogP contribution in [0.1, 0.15) is 163 Å². The van der Waals surface area contributed by atoms with Crippen molar-refractivity contribution >= 4 is 68.4 Å². The molecule has 9 rings (SSSR count). The van der Waals surface area contributed by atoms with Gasteiger partial charge in [-0.1, -0.05) is 141 Å². The van der Waals surface area contributed by atoms with E-state index in [9.17, 15) is 0 Å². The number of hydrogen-bond donors (Lipinski definition) is 0. The van der Waals surface area contributed by atoms with Crippen LogP contribution in [-0.2, 0) is 32.5 Å². The largest absolute Gasteiger partial charge is 0.468 e. The van der Waals surface area contributed by atoms with E-state index in [-0.39, 0.29) is 39.2 Å². The molecule has 0 amide bonds. The minimum atomic E-state index is -0.0932. The third kappa shape index (κ3) is 6.69. The Labute approximate surface area is 368 Å². The van der Waals surface area contributed by atoms with Crippen LogP contribution in [0.25, 0.3) is 11.0 Å². The SMILES string of the molecule is Cc1cc2c3c(c1)N(c1ccc(C(C)(C)C)cc1)c1c(oc4cc5c(cc14)C(C)(C)CCC5(C)C)B3c1ccc(C(C)(C)C)cc1N2c1cc(C(C)(C)C)cc(C(C)(C)C)c1. The van der Waals surface area contributed by atoms with Crippen LogP contribution in [0.2, 0.25) is 0 Å². The standard InChI is InChI=1S/C57H69BN2O/c1-34-26-46-49-47(27-34)60(39-21-18-35(19-22-39)52(2,3)4)50-41-32-42-43(57(16,17)25-24-56(42,14)15)33-48(41)61-51(50)58(49)44-23-20-36(53(5,6)7)31-45(44)59(46)40-29-37(54(8,9)10)28-38(30-40)55(11,12)13/h18-23,26-33H,24-25H2,1-17H3. The minimum Gasteiger partial charge on any atom is -0.468 e. The van der Waals surface area contributed by atoms with Gasteiger partial charge in [0.25, 0.3) is 6.71 Å². The zero-order chi connectivity index (χ0) is 44.1. The van der Waals surface area contributed by atoms with Crippen molar-refractivity contribution < 1.29 is 4.42 Å². The summed E-state index contributed by atoms with van der Waals surface area (Å²) in [5.74, 6) is 0. The summed E-state index contributed by atoms with van der Waals surface area (Å²) in [4.78, 5) is 5.16. The number of hydrogen-bond acceptors (Lipinski definition) is 3. The molecule has 1 aliphatic carbocycles. The highest BCUT2D eigenvalue weighted by molar-refractivity contribution is 7.00. The van der Waals surface area contributed by atoms with Gasteiger partial charge < -0.3 is 14.2 Å². The minimum absolute atomic E-state index is 0.0298. The van der Waals surface area contributed by atoms with Crippen LogP contribution in [0.15, 0.2) is 89.3 Å². The molecule has 0 fully saturated rings. The van der Waals surface area contributed by atoms with Crippen LogP contribution in [0.5, 0.6) is 0 Å². The number of benzene rings is 5. The van der Waals surface area contributed by atoms with E-state index in [0.717, 1.165) is 29.8 Å². The van der Waals surface area contributed by atoms with Gasteiger partial charge in [-0.25, -0.2) is 0 Å². The Kier molecular flexibility index (Phi) is 8.99. The molecular formula is C57H69BN2O. The molecule has 3 heterocycles. The molecule has 4 heteroatoms. The number of furan rings is 1. The number of rotatable bonds is 2. The molecule has 0 saturated carbocycles. The molecule has 0 N–H and O–H groups in total. The van der Waals surface area contributed by atoms with Crippen molar-refractivity contribution in [3.05, 3.63) is 124 Å². The molecule has 5 aromatic carbocycles. The van der Waals surface area contributed by atoms with Gasteiger partial charge >= 0.3 is 0 Å². The Morgan fingerprint density at radius 2 is 1.02 bits per heavy atom. The van der Waals surface area contributed by atoms with Gasteiger partial charge in [-0.2, -0.15) is 0 Å². The summed E-state index contributed by atoms with van der Waals surface area (Å²) in [6.07, 6.45) is 2.33. The van der Waals surface area contributed by atoms with Crippen LogP contribution in [0.4, 0.5) is 34.1 Å². The summed E-state index contributed by atoms with van der Waals surface area (Å²) >= 11 is 0. The lowest BCUT2D eigenvalue weighted by molar-refractivity contribution is 0.332. The van der Waals surface area contributed by atoms with E-state index in [4.69, 9.17) is 4.42 Å².